The Balaban J connectivity index is 0.00000158. The Labute approximate surface area is 205 Å². The summed E-state index contributed by atoms with van der Waals surface area (Å²) in [6.45, 7) is 17.7. The number of H-pyrrole nitrogens is 2. The second-order valence-electron chi connectivity index (χ2n) is 7.32. The van der Waals surface area contributed by atoms with Crippen molar-refractivity contribution in [3.63, 3.8) is 0 Å². The van der Waals surface area contributed by atoms with Crippen LogP contribution in [0.2, 0.25) is 0 Å². The molecular formula is C28H31N5S. The van der Waals surface area contributed by atoms with Crippen LogP contribution in [0.3, 0.4) is 0 Å². The first kappa shape index (κ1) is 24.9. The average Bonchev–Trinajstić information content (AvgIpc) is 3.57. The van der Waals surface area contributed by atoms with Crippen molar-refractivity contribution in [3.8, 4) is 11.4 Å². The van der Waals surface area contributed by atoms with Gasteiger partial charge in [-0.15, -0.1) is 11.3 Å². The summed E-state index contributed by atoms with van der Waals surface area (Å²) in [5.74, 6) is 0. The van der Waals surface area contributed by atoms with Crippen LogP contribution in [0, 0.1) is 13.8 Å². The average molecular weight is 470 g/mol. The number of thiophene rings is 1. The lowest BCUT2D eigenvalue weighted by molar-refractivity contribution is 1.11. The van der Waals surface area contributed by atoms with Gasteiger partial charge >= 0.3 is 0 Å². The zero-order valence-electron chi connectivity index (χ0n) is 20.4. The van der Waals surface area contributed by atoms with E-state index < -0.39 is 0 Å². The standard InChI is InChI=1S/C26H25N5S.C2H6/c1-6-9-19(24-13-10-16(4)32-24)20-14-23(28-17(20)5)26-25-22(30-31-26)12-11-21(29-25)18(7-2)15-27-8-3;1-2/h6-15,28H,1,3H2,2,4-5H3,(H,30,31);1-2H3/b18-7+,19-9+,27-15?;. The molecule has 0 aliphatic rings. The molecule has 0 saturated carbocycles. The summed E-state index contributed by atoms with van der Waals surface area (Å²) in [5, 5.41) is 7.67. The second-order valence-corrected chi connectivity index (χ2v) is 8.61. The fraction of sp³-hybridized carbons (Fsp3) is 0.179. The van der Waals surface area contributed by atoms with Crippen LogP contribution in [0.15, 0.2) is 72.9 Å². The van der Waals surface area contributed by atoms with Crippen LogP contribution in [0.5, 0.6) is 0 Å². The van der Waals surface area contributed by atoms with Gasteiger partial charge in [-0.05, 0) is 51.1 Å². The van der Waals surface area contributed by atoms with Gasteiger partial charge < -0.3 is 4.98 Å². The number of pyridine rings is 1. The largest absolute Gasteiger partial charge is 0.357 e. The highest BCUT2D eigenvalue weighted by Gasteiger charge is 2.18. The van der Waals surface area contributed by atoms with Crippen LogP contribution in [-0.4, -0.2) is 26.4 Å². The highest BCUT2D eigenvalue weighted by Crippen LogP contribution is 2.35. The van der Waals surface area contributed by atoms with Gasteiger partial charge in [-0.3, -0.25) is 10.1 Å². The van der Waals surface area contributed by atoms with Crippen LogP contribution in [0.1, 0.15) is 47.5 Å². The maximum Gasteiger partial charge on any atom is 0.135 e. The van der Waals surface area contributed by atoms with Gasteiger partial charge in [0.1, 0.15) is 11.2 Å². The van der Waals surface area contributed by atoms with Crippen LogP contribution in [-0.2, 0) is 0 Å². The molecule has 5 nitrogen and oxygen atoms in total. The van der Waals surface area contributed by atoms with Crippen molar-refractivity contribution in [2.24, 2.45) is 4.99 Å². The minimum absolute atomic E-state index is 0.785. The number of nitrogens with zero attached hydrogens (tertiary/aromatic N) is 3. The number of aryl methyl sites for hydroxylation is 2. The van der Waals surface area contributed by atoms with E-state index in [0.29, 0.717) is 0 Å². The SMILES string of the molecule is C=C/C=C(/c1ccc(C)s1)c1cc(-c2n[nH]c3ccc(/C(C=NC=C)=C/C)nc23)[nH]c1C.CC. The molecule has 4 aromatic heterocycles. The van der Waals surface area contributed by atoms with E-state index in [1.54, 1.807) is 17.6 Å². The van der Waals surface area contributed by atoms with Crippen molar-refractivity contribution in [2.75, 3.05) is 0 Å². The van der Waals surface area contributed by atoms with E-state index in [2.05, 4.69) is 71.5 Å². The number of fused-ring (bicyclic) bond motifs is 1. The fourth-order valence-electron chi connectivity index (χ4n) is 3.64. The highest BCUT2D eigenvalue weighted by molar-refractivity contribution is 7.13. The Morgan fingerprint density at radius 1 is 1.12 bits per heavy atom. The van der Waals surface area contributed by atoms with Crippen molar-refractivity contribution in [2.45, 2.75) is 34.6 Å². The lowest BCUT2D eigenvalue weighted by atomic mass is 10.0. The molecule has 0 amide bonds. The summed E-state index contributed by atoms with van der Waals surface area (Å²) in [6.07, 6.45) is 9.14. The maximum absolute atomic E-state index is 4.88. The summed E-state index contributed by atoms with van der Waals surface area (Å²) < 4.78 is 0. The third-order valence-electron chi connectivity index (χ3n) is 5.18. The van der Waals surface area contributed by atoms with E-state index >= 15 is 0 Å². The molecule has 4 aromatic rings. The lowest BCUT2D eigenvalue weighted by Gasteiger charge is -2.03. The fourth-order valence-corrected chi connectivity index (χ4v) is 4.54. The Morgan fingerprint density at radius 3 is 2.56 bits per heavy atom. The van der Waals surface area contributed by atoms with Gasteiger partial charge in [0.05, 0.1) is 16.9 Å². The molecule has 0 bridgehead atoms. The van der Waals surface area contributed by atoms with E-state index in [9.17, 15) is 0 Å². The van der Waals surface area contributed by atoms with Gasteiger partial charge in [-0.25, -0.2) is 4.98 Å². The molecule has 0 aromatic carbocycles. The number of aromatic amines is 2. The first-order valence-electron chi connectivity index (χ1n) is 11.3. The van der Waals surface area contributed by atoms with Gasteiger partial charge in [-0.2, -0.15) is 5.10 Å². The van der Waals surface area contributed by atoms with Crippen molar-refractivity contribution in [1.29, 1.82) is 0 Å². The predicted molar refractivity (Wildman–Crippen MR) is 148 cm³/mol. The highest BCUT2D eigenvalue weighted by atomic mass is 32.1. The molecule has 0 spiro atoms. The third kappa shape index (κ3) is 5.07. The number of allylic oxidation sites excluding steroid dienone is 4. The molecule has 0 aliphatic heterocycles. The molecular weight excluding hydrogens is 438 g/mol. The molecule has 0 atom stereocenters. The molecule has 174 valence electrons. The van der Waals surface area contributed by atoms with E-state index in [1.807, 2.05) is 45.1 Å². The van der Waals surface area contributed by atoms with Gasteiger partial charge in [0.15, 0.2) is 0 Å². The van der Waals surface area contributed by atoms with Gasteiger partial charge in [0.25, 0.3) is 0 Å². The Hall–Kier alpha value is -3.77. The minimum Gasteiger partial charge on any atom is -0.357 e. The molecule has 6 heteroatoms. The number of nitrogens with one attached hydrogen (secondary N) is 2. The molecule has 0 fully saturated rings. The summed E-state index contributed by atoms with van der Waals surface area (Å²) in [4.78, 5) is 15.0. The van der Waals surface area contributed by atoms with E-state index in [4.69, 9.17) is 4.98 Å². The normalized spacial score (nSPS) is 12.1. The van der Waals surface area contributed by atoms with E-state index in [0.717, 1.165) is 50.5 Å². The van der Waals surface area contributed by atoms with Gasteiger partial charge in [0.2, 0.25) is 0 Å². The van der Waals surface area contributed by atoms with Crippen LogP contribution in [0.4, 0.5) is 0 Å². The number of aromatic nitrogens is 4. The molecule has 4 heterocycles. The maximum atomic E-state index is 4.88. The Bertz CT molecular complexity index is 1390. The summed E-state index contributed by atoms with van der Waals surface area (Å²) >= 11 is 1.77. The zero-order chi connectivity index (χ0) is 24.7. The number of rotatable bonds is 7. The van der Waals surface area contributed by atoms with E-state index in [-0.39, 0.29) is 0 Å². The third-order valence-corrected chi connectivity index (χ3v) is 6.22. The lowest BCUT2D eigenvalue weighted by Crippen LogP contribution is -1.91. The monoisotopic (exact) mass is 469 g/mol. The zero-order valence-corrected chi connectivity index (χ0v) is 21.3. The quantitative estimate of drug-likeness (QED) is 0.213. The molecule has 34 heavy (non-hydrogen) atoms. The summed E-state index contributed by atoms with van der Waals surface area (Å²) in [7, 11) is 0. The smallest absolute Gasteiger partial charge is 0.135 e. The van der Waals surface area contributed by atoms with Crippen LogP contribution < -0.4 is 0 Å². The molecule has 2 N–H and O–H groups in total. The summed E-state index contributed by atoms with van der Waals surface area (Å²) in [5.41, 5.74) is 8.48. The second kappa shape index (κ2) is 11.4. The van der Waals surface area contributed by atoms with Crippen molar-refractivity contribution < 1.29 is 0 Å². The van der Waals surface area contributed by atoms with Crippen molar-refractivity contribution >= 4 is 39.7 Å². The predicted octanol–water partition coefficient (Wildman–Crippen LogP) is 7.89. The molecule has 4 rings (SSSR count). The van der Waals surface area contributed by atoms with Gasteiger partial charge in [-0.1, -0.05) is 45.2 Å². The Morgan fingerprint density at radius 2 is 1.91 bits per heavy atom. The number of aliphatic imine (C=N–C) groups is 1. The topological polar surface area (TPSA) is 69.7 Å². The molecule has 0 aliphatic carbocycles. The first-order valence-corrected chi connectivity index (χ1v) is 12.1. The van der Waals surface area contributed by atoms with Crippen LogP contribution >= 0.6 is 11.3 Å². The van der Waals surface area contributed by atoms with Crippen LogP contribution in [0.25, 0.3) is 33.6 Å². The number of hydrogen-bond donors (Lipinski definition) is 2. The molecule has 0 radical (unpaired) electrons. The minimum atomic E-state index is 0.785. The van der Waals surface area contributed by atoms with Crippen molar-refractivity contribution in [3.05, 3.63) is 94.6 Å². The van der Waals surface area contributed by atoms with Crippen molar-refractivity contribution in [1.82, 2.24) is 20.2 Å². The first-order chi connectivity index (χ1) is 16.5. The van der Waals surface area contributed by atoms with Gasteiger partial charge in [0, 0.05) is 44.6 Å². The molecule has 0 saturated heterocycles. The molecule has 0 unspecified atom stereocenters. The van der Waals surface area contributed by atoms with E-state index in [1.165, 1.54) is 16.0 Å². The summed E-state index contributed by atoms with van der Waals surface area (Å²) in [6, 6.07) is 10.4. The Kier molecular flexibility index (Phi) is 8.33. The number of hydrogen-bond acceptors (Lipinski definition) is 4.